The van der Waals surface area contributed by atoms with E-state index in [2.05, 4.69) is 26.6 Å². The van der Waals surface area contributed by atoms with Crippen LogP contribution in [0.5, 0.6) is 5.75 Å². The van der Waals surface area contributed by atoms with Crippen LogP contribution in [0.3, 0.4) is 0 Å². The lowest BCUT2D eigenvalue weighted by molar-refractivity contribution is -0.145. The van der Waals surface area contributed by atoms with Crippen molar-refractivity contribution < 1.29 is 29.3 Å². The molecule has 1 aromatic rings. The molecule has 0 saturated carbocycles. The van der Waals surface area contributed by atoms with Crippen LogP contribution in [-0.2, 0) is 9.59 Å². The molecule has 114 valence electrons. The van der Waals surface area contributed by atoms with E-state index >= 15 is 0 Å². The predicted octanol–water partition coefficient (Wildman–Crippen LogP) is 1.51. The standard InChI is InChI=1S/C12H13BrN2O6/c1-21-9-3-2-6(13)4-7(9)14-12(20)15-8(11(18)19)5-10(16)17/h2-4,8H,5H2,1H3,(H,16,17)(H,18,19)(H2,14,15,20)/t8-/m1/s1. The lowest BCUT2D eigenvalue weighted by atomic mass is 10.2. The number of ether oxygens (including phenoxy) is 1. The first-order chi connectivity index (χ1) is 9.83. The molecule has 0 aromatic heterocycles. The van der Waals surface area contributed by atoms with Crippen molar-refractivity contribution in [2.24, 2.45) is 0 Å². The van der Waals surface area contributed by atoms with Crippen molar-refractivity contribution in [3.63, 3.8) is 0 Å². The van der Waals surface area contributed by atoms with E-state index in [4.69, 9.17) is 14.9 Å². The zero-order valence-corrected chi connectivity index (χ0v) is 12.5. The SMILES string of the molecule is COc1ccc(Br)cc1NC(=O)N[C@H](CC(=O)O)C(=O)O. The van der Waals surface area contributed by atoms with Crippen LogP contribution in [0.15, 0.2) is 22.7 Å². The van der Waals surface area contributed by atoms with Gasteiger partial charge in [-0.05, 0) is 18.2 Å². The van der Waals surface area contributed by atoms with E-state index in [9.17, 15) is 14.4 Å². The van der Waals surface area contributed by atoms with Crippen molar-refractivity contribution in [1.82, 2.24) is 5.32 Å². The highest BCUT2D eigenvalue weighted by Gasteiger charge is 2.23. The molecule has 8 nitrogen and oxygen atoms in total. The number of hydrogen-bond donors (Lipinski definition) is 4. The van der Waals surface area contributed by atoms with Crippen LogP contribution in [0.25, 0.3) is 0 Å². The molecule has 0 fully saturated rings. The molecule has 21 heavy (non-hydrogen) atoms. The Morgan fingerprint density at radius 1 is 1.33 bits per heavy atom. The number of carbonyl (C=O) groups is 3. The number of amides is 2. The molecule has 9 heteroatoms. The zero-order valence-electron chi connectivity index (χ0n) is 10.9. The van der Waals surface area contributed by atoms with E-state index in [0.717, 1.165) is 0 Å². The molecule has 1 rings (SSSR count). The summed E-state index contributed by atoms with van der Waals surface area (Å²) in [5, 5.41) is 21.9. The van der Waals surface area contributed by atoms with Gasteiger partial charge in [0.25, 0.3) is 0 Å². The van der Waals surface area contributed by atoms with Crippen molar-refractivity contribution in [3.05, 3.63) is 22.7 Å². The third-order valence-electron chi connectivity index (χ3n) is 2.39. The smallest absolute Gasteiger partial charge is 0.326 e. The summed E-state index contributed by atoms with van der Waals surface area (Å²) >= 11 is 3.22. The van der Waals surface area contributed by atoms with Crippen LogP contribution in [0.2, 0.25) is 0 Å². The van der Waals surface area contributed by atoms with E-state index in [0.29, 0.717) is 15.9 Å². The number of carboxylic acids is 2. The summed E-state index contributed by atoms with van der Waals surface area (Å²) in [5.41, 5.74) is 0.309. The summed E-state index contributed by atoms with van der Waals surface area (Å²) in [6.07, 6.45) is -0.724. The Hall–Kier alpha value is -2.29. The Kier molecular flexibility index (Phi) is 5.97. The first-order valence-electron chi connectivity index (χ1n) is 5.69. The van der Waals surface area contributed by atoms with Crippen LogP contribution in [0.1, 0.15) is 6.42 Å². The van der Waals surface area contributed by atoms with Crippen LogP contribution in [-0.4, -0.2) is 41.3 Å². The van der Waals surface area contributed by atoms with Crippen LogP contribution in [0, 0.1) is 0 Å². The van der Waals surface area contributed by atoms with E-state index in [1.165, 1.54) is 7.11 Å². The first kappa shape index (κ1) is 16.8. The number of hydrogen-bond acceptors (Lipinski definition) is 4. The second-order valence-corrected chi connectivity index (χ2v) is 4.85. The molecule has 0 aliphatic rings. The molecule has 0 saturated heterocycles. The predicted molar refractivity (Wildman–Crippen MR) is 76.5 cm³/mol. The third kappa shape index (κ3) is 5.30. The Morgan fingerprint density at radius 2 is 2.00 bits per heavy atom. The average Bonchev–Trinajstić information content (AvgIpc) is 2.37. The van der Waals surface area contributed by atoms with Crippen LogP contribution < -0.4 is 15.4 Å². The van der Waals surface area contributed by atoms with Gasteiger partial charge in [0.1, 0.15) is 11.8 Å². The number of anilines is 1. The van der Waals surface area contributed by atoms with E-state index in [-0.39, 0.29) is 0 Å². The maximum absolute atomic E-state index is 11.7. The molecule has 0 unspecified atom stereocenters. The summed E-state index contributed by atoms with van der Waals surface area (Å²) in [5.74, 6) is -2.39. The minimum atomic E-state index is -1.53. The van der Waals surface area contributed by atoms with E-state index < -0.39 is 30.4 Å². The largest absolute Gasteiger partial charge is 0.495 e. The Bertz CT molecular complexity index is 563. The molecule has 0 radical (unpaired) electrons. The number of methoxy groups -OCH3 is 1. The van der Waals surface area contributed by atoms with Gasteiger partial charge in [-0.25, -0.2) is 9.59 Å². The van der Waals surface area contributed by atoms with Gasteiger partial charge >= 0.3 is 18.0 Å². The summed E-state index contributed by atoms with van der Waals surface area (Å²) < 4.78 is 5.72. The number of carbonyl (C=O) groups excluding carboxylic acids is 1. The van der Waals surface area contributed by atoms with Gasteiger partial charge in [0, 0.05) is 4.47 Å². The number of aliphatic carboxylic acids is 2. The zero-order chi connectivity index (χ0) is 16.0. The van der Waals surface area contributed by atoms with Crippen molar-refractivity contribution in [3.8, 4) is 5.75 Å². The minimum absolute atomic E-state index is 0.309. The molecule has 4 N–H and O–H groups in total. The van der Waals surface area contributed by atoms with Gasteiger partial charge < -0.3 is 25.6 Å². The maximum atomic E-state index is 11.7. The number of carboxylic acid groups (broad SMARTS) is 2. The van der Waals surface area contributed by atoms with Gasteiger partial charge in [0.05, 0.1) is 19.2 Å². The van der Waals surface area contributed by atoms with Gasteiger partial charge in [-0.2, -0.15) is 0 Å². The highest BCUT2D eigenvalue weighted by atomic mass is 79.9. The van der Waals surface area contributed by atoms with Crippen molar-refractivity contribution in [2.45, 2.75) is 12.5 Å². The van der Waals surface area contributed by atoms with Gasteiger partial charge in [0.2, 0.25) is 0 Å². The second-order valence-electron chi connectivity index (χ2n) is 3.93. The fourth-order valence-corrected chi connectivity index (χ4v) is 1.83. The topological polar surface area (TPSA) is 125 Å². The monoisotopic (exact) mass is 360 g/mol. The third-order valence-corrected chi connectivity index (χ3v) is 2.89. The van der Waals surface area contributed by atoms with Gasteiger partial charge in [-0.15, -0.1) is 0 Å². The fourth-order valence-electron chi connectivity index (χ4n) is 1.47. The number of benzene rings is 1. The summed E-state index contributed by atoms with van der Waals surface area (Å²) in [6.45, 7) is 0. The van der Waals surface area contributed by atoms with Gasteiger partial charge in [-0.1, -0.05) is 15.9 Å². The summed E-state index contributed by atoms with van der Waals surface area (Å²) in [7, 11) is 1.41. The Morgan fingerprint density at radius 3 is 2.52 bits per heavy atom. The van der Waals surface area contributed by atoms with Crippen molar-refractivity contribution in [1.29, 1.82) is 0 Å². The number of halogens is 1. The van der Waals surface area contributed by atoms with Crippen molar-refractivity contribution in [2.75, 3.05) is 12.4 Å². The van der Waals surface area contributed by atoms with Crippen LogP contribution in [0.4, 0.5) is 10.5 Å². The molecule has 2 amide bonds. The molecule has 0 bridgehead atoms. The molecular formula is C12H13BrN2O6. The van der Waals surface area contributed by atoms with Gasteiger partial charge in [0.15, 0.2) is 0 Å². The average molecular weight is 361 g/mol. The molecule has 0 aliphatic carbocycles. The molecule has 0 heterocycles. The van der Waals surface area contributed by atoms with E-state index in [1.54, 1.807) is 18.2 Å². The number of urea groups is 1. The quantitative estimate of drug-likeness (QED) is 0.609. The van der Waals surface area contributed by atoms with E-state index in [1.807, 2.05) is 0 Å². The summed E-state index contributed by atoms with van der Waals surface area (Å²) in [4.78, 5) is 33.1. The molecular weight excluding hydrogens is 348 g/mol. The minimum Gasteiger partial charge on any atom is -0.495 e. The maximum Gasteiger partial charge on any atom is 0.326 e. The normalized spacial score (nSPS) is 11.3. The fraction of sp³-hybridized carbons (Fsp3) is 0.250. The summed E-state index contributed by atoms with van der Waals surface area (Å²) in [6, 6.07) is 2.49. The molecule has 1 atom stereocenters. The Labute approximate surface area is 128 Å². The number of rotatable bonds is 6. The molecule has 0 aliphatic heterocycles. The second kappa shape index (κ2) is 7.48. The lowest BCUT2D eigenvalue weighted by Crippen LogP contribution is -2.44. The number of nitrogens with one attached hydrogen (secondary N) is 2. The highest BCUT2D eigenvalue weighted by Crippen LogP contribution is 2.27. The van der Waals surface area contributed by atoms with Gasteiger partial charge in [-0.3, -0.25) is 4.79 Å². The van der Waals surface area contributed by atoms with Crippen molar-refractivity contribution >= 4 is 39.6 Å². The molecule has 0 spiro atoms. The molecule has 1 aromatic carbocycles. The van der Waals surface area contributed by atoms with Crippen LogP contribution >= 0.6 is 15.9 Å². The first-order valence-corrected chi connectivity index (χ1v) is 6.48. The highest BCUT2D eigenvalue weighted by molar-refractivity contribution is 9.10. The lowest BCUT2D eigenvalue weighted by Gasteiger charge is -2.15. The Balaban J connectivity index is 2.78.